The zero-order chi connectivity index (χ0) is 46.8. The normalized spacial score (nSPS) is 13.6. The highest BCUT2D eigenvalue weighted by molar-refractivity contribution is 7.92. The van der Waals surface area contributed by atoms with E-state index in [2.05, 4.69) is 10.6 Å². The van der Waals surface area contributed by atoms with E-state index < -0.39 is 103 Å². The Labute approximate surface area is 369 Å². The van der Waals surface area contributed by atoms with Gasteiger partial charge >= 0.3 is 0 Å². The van der Waals surface area contributed by atoms with Crippen molar-refractivity contribution in [3.63, 3.8) is 0 Å². The van der Waals surface area contributed by atoms with Gasteiger partial charge in [-0.2, -0.15) is 4.31 Å². The lowest BCUT2D eigenvalue weighted by molar-refractivity contribution is -0.387. The summed E-state index contributed by atoms with van der Waals surface area (Å²) in [5.74, 6) is -3.85. The first-order valence-electron chi connectivity index (χ1n) is 19.6. The van der Waals surface area contributed by atoms with Crippen LogP contribution in [0.3, 0.4) is 0 Å². The molecule has 0 aromatic heterocycles. The van der Waals surface area contributed by atoms with Crippen LogP contribution in [0, 0.1) is 21.7 Å². The first-order valence-corrected chi connectivity index (χ1v) is 22.9. The Balaban J connectivity index is 1.48. The standard InChI is InChI=1S/C44H47F2N5O11S2/c1-29(31-15-9-6-10-16-31)47-43(53)32-19-33(21-36(20-32)49(2)63(4,57)58)44(54)48-39(28-62-37-23-34(45)22-35(46)24-37)41(52)25-38(61-3)27-50(26-30-13-7-5-8-14-30)64(59,60)42-18-12-11-17-40(42)51(55)56/h5-24,29,38-39,41,52H,25-28H2,1-4H3,(H,47,53)(H,48,54)/t29-,38-,39+,41+/m1/s1. The van der Waals surface area contributed by atoms with Crippen molar-refractivity contribution in [3.05, 3.63) is 165 Å². The smallest absolute Gasteiger partial charge is 0.289 e. The molecule has 16 nitrogen and oxygen atoms in total. The maximum absolute atomic E-state index is 14.2. The summed E-state index contributed by atoms with van der Waals surface area (Å²) in [4.78, 5) is 38.3. The number of carbonyl (C=O) groups is 2. The molecular formula is C44H47F2N5O11S2. The van der Waals surface area contributed by atoms with E-state index in [-0.39, 0.29) is 29.1 Å². The zero-order valence-electron chi connectivity index (χ0n) is 35.1. The molecule has 20 heteroatoms. The SMILES string of the molecule is CO[C@H](C[C@H](O)[C@H](COc1cc(F)cc(F)c1)NC(=O)c1cc(C(=O)N[C@H](C)c2ccccc2)cc(N(C)S(C)(=O)=O)c1)CN(Cc1ccccc1)S(=O)(=O)c1ccccc1[N+](=O)[O-]. The van der Waals surface area contributed by atoms with Crippen molar-refractivity contribution in [2.75, 3.05) is 37.9 Å². The lowest BCUT2D eigenvalue weighted by Crippen LogP contribution is -2.49. The number of amides is 2. The van der Waals surface area contributed by atoms with Gasteiger partial charge in [-0.3, -0.25) is 24.0 Å². The molecule has 5 rings (SSSR count). The van der Waals surface area contributed by atoms with Crippen LogP contribution in [0.15, 0.2) is 126 Å². The summed E-state index contributed by atoms with van der Waals surface area (Å²) < 4.78 is 95.1. The molecule has 0 aliphatic carbocycles. The summed E-state index contributed by atoms with van der Waals surface area (Å²) in [6.07, 6.45) is -2.30. The molecule has 0 spiro atoms. The number of rotatable bonds is 21. The first-order chi connectivity index (χ1) is 30.3. The van der Waals surface area contributed by atoms with Crippen LogP contribution < -0.4 is 19.7 Å². The average Bonchev–Trinajstić information content (AvgIpc) is 3.26. The van der Waals surface area contributed by atoms with E-state index in [0.29, 0.717) is 11.6 Å². The number of aliphatic hydroxyl groups is 1. The minimum absolute atomic E-state index is 0.0611. The largest absolute Gasteiger partial charge is 0.491 e. The molecule has 0 aliphatic heterocycles. The number of para-hydroxylation sites is 1. The van der Waals surface area contributed by atoms with Gasteiger partial charge in [-0.05, 0) is 42.3 Å². The van der Waals surface area contributed by atoms with Gasteiger partial charge in [0.1, 0.15) is 24.0 Å². The molecule has 0 fully saturated rings. The van der Waals surface area contributed by atoms with Crippen LogP contribution in [0.2, 0.25) is 0 Å². The van der Waals surface area contributed by atoms with Crippen LogP contribution in [0.4, 0.5) is 20.2 Å². The van der Waals surface area contributed by atoms with Crippen LogP contribution in [0.25, 0.3) is 0 Å². The van der Waals surface area contributed by atoms with Crippen LogP contribution in [-0.4, -0.2) is 94.8 Å². The van der Waals surface area contributed by atoms with Gasteiger partial charge in [-0.1, -0.05) is 72.8 Å². The van der Waals surface area contributed by atoms with E-state index in [0.717, 1.165) is 44.7 Å². The lowest BCUT2D eigenvalue weighted by Gasteiger charge is -2.30. The highest BCUT2D eigenvalue weighted by Crippen LogP contribution is 2.29. The van der Waals surface area contributed by atoms with Gasteiger partial charge in [-0.25, -0.2) is 25.6 Å². The summed E-state index contributed by atoms with van der Waals surface area (Å²) in [7, 11) is -6.07. The molecule has 64 heavy (non-hydrogen) atoms. The number of sulfonamides is 2. The highest BCUT2D eigenvalue weighted by atomic mass is 32.2. The van der Waals surface area contributed by atoms with Crippen molar-refractivity contribution in [3.8, 4) is 5.75 Å². The van der Waals surface area contributed by atoms with Crippen LogP contribution >= 0.6 is 0 Å². The van der Waals surface area contributed by atoms with Gasteiger partial charge in [0.15, 0.2) is 4.90 Å². The van der Waals surface area contributed by atoms with Crippen molar-refractivity contribution in [2.24, 2.45) is 0 Å². The van der Waals surface area contributed by atoms with Crippen LogP contribution in [0.1, 0.15) is 51.2 Å². The van der Waals surface area contributed by atoms with Crippen LogP contribution in [-0.2, 0) is 31.3 Å². The summed E-state index contributed by atoms with van der Waals surface area (Å²) in [6.45, 7) is 0.378. The van der Waals surface area contributed by atoms with Crippen molar-refractivity contribution < 1.29 is 54.7 Å². The summed E-state index contributed by atoms with van der Waals surface area (Å²) in [6, 6.07) is 26.3. The topological polar surface area (TPSA) is 215 Å². The number of halogens is 2. The van der Waals surface area contributed by atoms with Crippen molar-refractivity contribution in [2.45, 2.75) is 49.1 Å². The molecule has 5 aromatic rings. The molecular weight excluding hydrogens is 877 g/mol. The second-order valence-corrected chi connectivity index (χ2v) is 18.7. The predicted molar refractivity (Wildman–Crippen MR) is 234 cm³/mol. The van der Waals surface area contributed by atoms with E-state index in [9.17, 15) is 50.4 Å². The number of aliphatic hydroxyl groups excluding tert-OH is 1. The molecule has 0 aliphatic rings. The van der Waals surface area contributed by atoms with E-state index in [1.54, 1.807) is 67.6 Å². The Bertz CT molecular complexity index is 2640. The zero-order valence-corrected chi connectivity index (χ0v) is 36.8. The Morgan fingerprint density at radius 3 is 1.97 bits per heavy atom. The highest BCUT2D eigenvalue weighted by Gasteiger charge is 2.35. The van der Waals surface area contributed by atoms with Crippen molar-refractivity contribution in [1.29, 1.82) is 0 Å². The number of hydrogen-bond acceptors (Lipinski definition) is 11. The Morgan fingerprint density at radius 1 is 0.828 bits per heavy atom. The Morgan fingerprint density at radius 2 is 1.39 bits per heavy atom. The Kier molecular flexibility index (Phi) is 16.3. The molecule has 4 atom stereocenters. The second kappa shape index (κ2) is 21.4. The van der Waals surface area contributed by atoms with Crippen molar-refractivity contribution in [1.82, 2.24) is 14.9 Å². The molecule has 0 saturated heterocycles. The van der Waals surface area contributed by atoms with Crippen molar-refractivity contribution >= 4 is 43.2 Å². The molecule has 3 N–H and O–H groups in total. The Hall–Kier alpha value is -6.32. The summed E-state index contributed by atoms with van der Waals surface area (Å²) >= 11 is 0. The van der Waals surface area contributed by atoms with Crippen LogP contribution in [0.5, 0.6) is 5.75 Å². The predicted octanol–water partition coefficient (Wildman–Crippen LogP) is 5.59. The van der Waals surface area contributed by atoms with Gasteiger partial charge in [0, 0.05) is 69.1 Å². The molecule has 0 radical (unpaired) electrons. The van der Waals surface area contributed by atoms with Gasteiger partial charge in [-0.15, -0.1) is 0 Å². The quantitative estimate of drug-likeness (QED) is 0.0609. The fourth-order valence-electron chi connectivity index (χ4n) is 6.56. The second-order valence-electron chi connectivity index (χ2n) is 14.8. The minimum atomic E-state index is -4.62. The third kappa shape index (κ3) is 12.9. The fraction of sp³-hybridized carbons (Fsp3) is 0.273. The van der Waals surface area contributed by atoms with Gasteiger partial charge in [0.2, 0.25) is 20.0 Å². The maximum atomic E-state index is 14.2. The number of methoxy groups -OCH3 is 1. The third-order valence-corrected chi connectivity index (χ3v) is 13.2. The molecule has 2 amide bonds. The number of nitro benzene ring substituents is 1. The number of hydrogen-bond donors (Lipinski definition) is 3. The van der Waals surface area contributed by atoms with Gasteiger partial charge in [0.25, 0.3) is 17.5 Å². The molecule has 0 saturated carbocycles. The molecule has 5 aromatic carbocycles. The number of benzene rings is 5. The minimum Gasteiger partial charge on any atom is -0.491 e. The summed E-state index contributed by atoms with van der Waals surface area (Å²) in [5, 5.41) is 29.1. The number of carbonyl (C=O) groups excluding carboxylic acids is 2. The lowest BCUT2D eigenvalue weighted by atomic mass is 10.0. The molecule has 0 heterocycles. The van der Waals surface area contributed by atoms with Gasteiger partial charge < -0.3 is 25.2 Å². The van der Waals surface area contributed by atoms with E-state index in [1.807, 2.05) is 0 Å². The summed E-state index contributed by atoms with van der Waals surface area (Å²) in [5.41, 5.74) is 0.238. The number of anilines is 1. The number of nitrogens with one attached hydrogen (secondary N) is 2. The van der Waals surface area contributed by atoms with E-state index in [4.69, 9.17) is 9.47 Å². The molecule has 0 unspecified atom stereocenters. The molecule has 340 valence electrons. The van der Waals surface area contributed by atoms with E-state index in [1.165, 1.54) is 44.5 Å². The molecule has 0 bridgehead atoms. The first kappa shape index (κ1) is 48.7. The number of ether oxygens (including phenoxy) is 2. The third-order valence-electron chi connectivity index (χ3n) is 10.1. The van der Waals surface area contributed by atoms with E-state index >= 15 is 0 Å². The average molecular weight is 924 g/mol. The van der Waals surface area contributed by atoms with Gasteiger partial charge in [0.05, 0.1) is 41.2 Å². The maximum Gasteiger partial charge on any atom is 0.289 e. The number of nitro groups is 1. The monoisotopic (exact) mass is 923 g/mol. The number of nitrogens with zero attached hydrogens (tertiary/aromatic N) is 3. The fourth-order valence-corrected chi connectivity index (χ4v) is 8.66.